The van der Waals surface area contributed by atoms with Gasteiger partial charge in [-0.25, -0.2) is 0 Å². The van der Waals surface area contributed by atoms with Gasteiger partial charge in [-0.05, 0) is 36.9 Å². The first-order valence-electron chi connectivity index (χ1n) is 10.7. The lowest BCUT2D eigenvalue weighted by molar-refractivity contribution is 0.0962. The summed E-state index contributed by atoms with van der Waals surface area (Å²) in [4.78, 5) is 21.5. The summed E-state index contributed by atoms with van der Waals surface area (Å²) < 4.78 is 7.81. The summed E-state index contributed by atoms with van der Waals surface area (Å²) in [5.41, 5.74) is 3.24. The molecule has 0 bridgehead atoms. The van der Waals surface area contributed by atoms with Crippen LogP contribution in [0.25, 0.3) is 5.65 Å². The highest BCUT2D eigenvalue weighted by Crippen LogP contribution is 2.24. The van der Waals surface area contributed by atoms with Crippen LogP contribution in [0.2, 0.25) is 0 Å². The summed E-state index contributed by atoms with van der Waals surface area (Å²) in [6, 6.07) is 7.83. The minimum absolute atomic E-state index is 0.0449. The van der Waals surface area contributed by atoms with Gasteiger partial charge in [0.1, 0.15) is 6.10 Å². The molecule has 1 fully saturated rings. The highest BCUT2D eigenvalue weighted by atomic mass is 16.5. The Balaban J connectivity index is 1.65. The predicted molar refractivity (Wildman–Crippen MR) is 119 cm³/mol. The van der Waals surface area contributed by atoms with Crippen molar-refractivity contribution >= 4 is 17.5 Å². The van der Waals surface area contributed by atoms with E-state index in [0.29, 0.717) is 24.1 Å². The van der Waals surface area contributed by atoms with Crippen molar-refractivity contribution in [3.05, 3.63) is 47.2 Å². The molecule has 4 rings (SSSR count). The maximum absolute atomic E-state index is 12.2. The molecule has 1 saturated heterocycles. The lowest BCUT2D eigenvalue weighted by Gasteiger charge is -2.23. The van der Waals surface area contributed by atoms with Crippen molar-refractivity contribution in [1.82, 2.24) is 30.2 Å². The van der Waals surface area contributed by atoms with Gasteiger partial charge in [-0.3, -0.25) is 4.79 Å². The van der Waals surface area contributed by atoms with Crippen LogP contribution in [0.4, 0.5) is 5.95 Å². The van der Waals surface area contributed by atoms with Crippen LogP contribution in [0.15, 0.2) is 30.5 Å². The molecule has 2 aromatic heterocycles. The maximum atomic E-state index is 12.2. The van der Waals surface area contributed by atoms with Crippen LogP contribution in [-0.4, -0.2) is 51.7 Å². The quantitative estimate of drug-likeness (QED) is 0.536. The first kappa shape index (κ1) is 21.0. The van der Waals surface area contributed by atoms with Gasteiger partial charge in [0.15, 0.2) is 5.65 Å². The van der Waals surface area contributed by atoms with E-state index in [0.717, 1.165) is 42.7 Å². The predicted octanol–water partition coefficient (Wildman–Crippen LogP) is 2.35. The van der Waals surface area contributed by atoms with Crippen molar-refractivity contribution in [2.45, 2.75) is 45.3 Å². The summed E-state index contributed by atoms with van der Waals surface area (Å²) in [5, 5.41) is 13.9. The Morgan fingerprint density at radius 3 is 2.90 bits per heavy atom. The minimum atomic E-state index is -0.125. The van der Waals surface area contributed by atoms with Gasteiger partial charge in [0.25, 0.3) is 5.91 Å². The molecular formula is C22H29N7O2. The number of hydrogen-bond donors (Lipinski definition) is 3. The van der Waals surface area contributed by atoms with E-state index < -0.39 is 0 Å². The first-order valence-corrected chi connectivity index (χ1v) is 10.7. The Bertz CT molecular complexity index is 1060. The zero-order valence-corrected chi connectivity index (χ0v) is 18.2. The molecule has 0 saturated carbocycles. The average molecular weight is 424 g/mol. The Hall–Kier alpha value is -3.20. The molecule has 1 unspecified atom stereocenters. The third-order valence-corrected chi connectivity index (χ3v) is 5.45. The Morgan fingerprint density at radius 2 is 2.16 bits per heavy atom. The Morgan fingerprint density at radius 1 is 1.32 bits per heavy atom. The number of anilines is 1. The molecule has 3 N–H and O–H groups in total. The molecule has 0 aliphatic carbocycles. The SMILES string of the molecule is CNC(=O)c1ccccc1CNc1nc(OC2CCCNC2)nc2c(C(C)C)cnn12. The van der Waals surface area contributed by atoms with Gasteiger partial charge in [0.05, 0.1) is 6.20 Å². The van der Waals surface area contributed by atoms with Crippen LogP contribution in [0.1, 0.15) is 54.1 Å². The van der Waals surface area contributed by atoms with Crippen molar-refractivity contribution < 1.29 is 9.53 Å². The van der Waals surface area contributed by atoms with Crippen LogP contribution in [0.5, 0.6) is 6.01 Å². The fourth-order valence-corrected chi connectivity index (χ4v) is 3.72. The van der Waals surface area contributed by atoms with Gasteiger partial charge < -0.3 is 20.7 Å². The molecule has 0 radical (unpaired) electrons. The third-order valence-electron chi connectivity index (χ3n) is 5.45. The highest BCUT2D eigenvalue weighted by Gasteiger charge is 2.20. The van der Waals surface area contributed by atoms with E-state index in [1.807, 2.05) is 24.4 Å². The third kappa shape index (κ3) is 4.61. The number of amides is 1. The number of ether oxygens (including phenoxy) is 1. The van der Waals surface area contributed by atoms with Crippen molar-refractivity contribution in [3.8, 4) is 6.01 Å². The van der Waals surface area contributed by atoms with E-state index >= 15 is 0 Å². The topological polar surface area (TPSA) is 105 Å². The second-order valence-corrected chi connectivity index (χ2v) is 8.00. The molecule has 1 atom stereocenters. The van der Waals surface area contributed by atoms with Crippen LogP contribution in [0, 0.1) is 0 Å². The summed E-state index contributed by atoms with van der Waals surface area (Å²) in [6.07, 6.45) is 3.91. The first-order chi connectivity index (χ1) is 15.1. The van der Waals surface area contributed by atoms with Gasteiger partial charge in [-0.1, -0.05) is 32.0 Å². The highest BCUT2D eigenvalue weighted by molar-refractivity contribution is 5.95. The van der Waals surface area contributed by atoms with Crippen molar-refractivity contribution in [1.29, 1.82) is 0 Å². The van der Waals surface area contributed by atoms with E-state index in [-0.39, 0.29) is 17.9 Å². The lowest BCUT2D eigenvalue weighted by atomic mass is 10.1. The molecule has 3 aromatic rings. The number of aromatic nitrogens is 4. The molecule has 0 spiro atoms. The van der Waals surface area contributed by atoms with Gasteiger partial charge in [-0.15, -0.1) is 0 Å². The van der Waals surface area contributed by atoms with Crippen LogP contribution in [-0.2, 0) is 6.54 Å². The van der Waals surface area contributed by atoms with Crippen LogP contribution < -0.4 is 20.7 Å². The molecule has 1 aromatic carbocycles. The lowest BCUT2D eigenvalue weighted by Crippen LogP contribution is -2.37. The number of piperidine rings is 1. The Labute approximate surface area is 181 Å². The van der Waals surface area contributed by atoms with Crippen molar-refractivity contribution in [2.75, 3.05) is 25.5 Å². The number of rotatable bonds is 7. The maximum Gasteiger partial charge on any atom is 0.322 e. The largest absolute Gasteiger partial charge is 0.459 e. The zero-order chi connectivity index (χ0) is 21.8. The molecule has 3 heterocycles. The molecule has 1 aliphatic heterocycles. The van der Waals surface area contributed by atoms with E-state index in [9.17, 15) is 4.79 Å². The molecule has 9 nitrogen and oxygen atoms in total. The van der Waals surface area contributed by atoms with Gasteiger partial charge in [0.2, 0.25) is 5.95 Å². The van der Waals surface area contributed by atoms with E-state index in [1.54, 1.807) is 17.6 Å². The van der Waals surface area contributed by atoms with Gasteiger partial charge in [-0.2, -0.15) is 19.6 Å². The van der Waals surface area contributed by atoms with Gasteiger partial charge >= 0.3 is 6.01 Å². The van der Waals surface area contributed by atoms with Crippen molar-refractivity contribution in [3.63, 3.8) is 0 Å². The normalized spacial score (nSPS) is 16.5. The van der Waals surface area contributed by atoms with Crippen molar-refractivity contribution in [2.24, 2.45) is 0 Å². The second kappa shape index (κ2) is 9.30. The number of carbonyl (C=O) groups excluding carboxylic acids is 1. The fraction of sp³-hybridized carbons (Fsp3) is 0.455. The number of benzene rings is 1. The van der Waals surface area contributed by atoms with Gasteiger partial charge in [0, 0.05) is 31.3 Å². The fourth-order valence-electron chi connectivity index (χ4n) is 3.72. The average Bonchev–Trinajstić information content (AvgIpc) is 3.22. The standard InChI is InChI=1S/C22H29N7O2/c1-14(2)18-13-26-29-19(18)27-22(31-16-8-6-10-24-12-16)28-21(29)25-11-15-7-4-5-9-17(15)20(30)23-3/h4-5,7,9,13-14,16,24H,6,8,10-12H2,1-3H3,(H,23,30)(H,25,27,28). The monoisotopic (exact) mass is 423 g/mol. The number of carbonyl (C=O) groups is 1. The molecule has 31 heavy (non-hydrogen) atoms. The minimum Gasteiger partial charge on any atom is -0.459 e. The van der Waals surface area contributed by atoms with Crippen LogP contribution >= 0.6 is 0 Å². The Kier molecular flexibility index (Phi) is 6.31. The summed E-state index contributed by atoms with van der Waals surface area (Å²) >= 11 is 0. The summed E-state index contributed by atoms with van der Waals surface area (Å²) in [5.74, 6) is 0.668. The van der Waals surface area contributed by atoms with E-state index in [2.05, 4.69) is 44.9 Å². The summed E-state index contributed by atoms with van der Waals surface area (Å²) in [6.45, 7) is 6.43. The second-order valence-electron chi connectivity index (χ2n) is 8.00. The van der Waals surface area contributed by atoms with Crippen LogP contribution in [0.3, 0.4) is 0 Å². The van der Waals surface area contributed by atoms with E-state index in [1.165, 1.54) is 0 Å². The zero-order valence-electron chi connectivity index (χ0n) is 18.2. The number of nitrogens with zero attached hydrogens (tertiary/aromatic N) is 4. The molecule has 1 aliphatic rings. The molecule has 9 heteroatoms. The smallest absolute Gasteiger partial charge is 0.322 e. The summed E-state index contributed by atoms with van der Waals surface area (Å²) in [7, 11) is 1.63. The molecular weight excluding hydrogens is 394 g/mol. The number of fused-ring (bicyclic) bond motifs is 1. The van der Waals surface area contributed by atoms with E-state index in [4.69, 9.17) is 4.74 Å². The number of nitrogens with one attached hydrogen (secondary N) is 3. The molecule has 164 valence electrons. The molecule has 1 amide bonds. The number of hydrogen-bond acceptors (Lipinski definition) is 7.